The Morgan fingerprint density at radius 3 is 2.85 bits per heavy atom. The fourth-order valence-corrected chi connectivity index (χ4v) is 2.45. The van der Waals surface area contributed by atoms with Gasteiger partial charge in [0, 0.05) is 19.3 Å². The van der Waals surface area contributed by atoms with Gasteiger partial charge in [0.1, 0.15) is 0 Å². The first-order valence-electron chi connectivity index (χ1n) is 6.67. The highest BCUT2D eigenvalue weighted by atomic mass is 16.5. The zero-order valence-electron chi connectivity index (χ0n) is 12.0. The Hall–Kier alpha value is -1.98. The molecule has 0 radical (unpaired) electrons. The van der Waals surface area contributed by atoms with Crippen LogP contribution >= 0.6 is 0 Å². The maximum absolute atomic E-state index is 11.4. The number of esters is 1. The predicted octanol–water partition coefficient (Wildman–Crippen LogP) is 1.38. The van der Waals surface area contributed by atoms with E-state index in [1.165, 1.54) is 14.0 Å². The molecule has 1 aromatic rings. The van der Waals surface area contributed by atoms with E-state index in [1.54, 1.807) is 6.20 Å². The minimum atomic E-state index is -0.180. The molecule has 20 heavy (non-hydrogen) atoms. The van der Waals surface area contributed by atoms with Gasteiger partial charge in [-0.15, -0.1) is 0 Å². The molecule has 1 aliphatic heterocycles. The smallest absolute Gasteiger partial charge is 0.305 e. The van der Waals surface area contributed by atoms with Crippen molar-refractivity contribution in [1.29, 1.82) is 0 Å². The lowest BCUT2D eigenvalue weighted by molar-refractivity contribution is -0.141. The Morgan fingerprint density at radius 2 is 2.25 bits per heavy atom. The van der Waals surface area contributed by atoms with Crippen molar-refractivity contribution in [3.63, 3.8) is 0 Å². The maximum Gasteiger partial charge on any atom is 0.305 e. The molecule has 1 aromatic heterocycles. The summed E-state index contributed by atoms with van der Waals surface area (Å²) in [5, 5.41) is 0. The molecule has 0 amide bonds. The summed E-state index contributed by atoms with van der Waals surface area (Å²) in [5.74, 6) is 0.693. The van der Waals surface area contributed by atoms with Gasteiger partial charge in [0.15, 0.2) is 5.78 Å². The highest BCUT2D eigenvalue weighted by Gasteiger charge is 2.26. The van der Waals surface area contributed by atoms with Gasteiger partial charge in [-0.3, -0.25) is 9.59 Å². The summed E-state index contributed by atoms with van der Waals surface area (Å²) < 4.78 is 4.69. The summed E-state index contributed by atoms with van der Waals surface area (Å²) >= 11 is 0. The van der Waals surface area contributed by atoms with Crippen molar-refractivity contribution in [3.8, 4) is 0 Å². The van der Waals surface area contributed by atoms with Crippen LogP contribution in [0.5, 0.6) is 0 Å². The number of carbonyl (C=O) groups excluding carboxylic acids is 2. The summed E-state index contributed by atoms with van der Waals surface area (Å²) in [4.78, 5) is 33.3. The van der Waals surface area contributed by atoms with Gasteiger partial charge in [0.2, 0.25) is 5.95 Å². The molecule has 1 saturated heterocycles. The topological polar surface area (TPSA) is 72.4 Å². The number of methoxy groups -OCH3 is 1. The lowest BCUT2D eigenvalue weighted by Crippen LogP contribution is -2.23. The average molecular weight is 277 g/mol. The molecule has 0 N–H and O–H groups in total. The van der Waals surface area contributed by atoms with Crippen LogP contribution in [0, 0.1) is 12.8 Å². The van der Waals surface area contributed by atoms with Crippen LogP contribution in [0.2, 0.25) is 0 Å². The molecule has 0 spiro atoms. The first kappa shape index (κ1) is 14.4. The average Bonchev–Trinajstić information content (AvgIpc) is 2.86. The van der Waals surface area contributed by atoms with E-state index in [9.17, 15) is 9.59 Å². The molecule has 2 heterocycles. The van der Waals surface area contributed by atoms with Gasteiger partial charge in [-0.2, -0.15) is 0 Å². The van der Waals surface area contributed by atoms with E-state index in [0.29, 0.717) is 23.6 Å². The van der Waals surface area contributed by atoms with Gasteiger partial charge in [0.05, 0.1) is 24.8 Å². The number of hydrogen-bond acceptors (Lipinski definition) is 6. The lowest BCUT2D eigenvalue weighted by atomic mass is 10.1. The van der Waals surface area contributed by atoms with Crippen LogP contribution in [0.1, 0.15) is 35.8 Å². The van der Waals surface area contributed by atoms with E-state index in [1.807, 2.05) is 11.8 Å². The number of nitrogens with zero attached hydrogens (tertiary/aromatic N) is 3. The van der Waals surface area contributed by atoms with Crippen molar-refractivity contribution in [1.82, 2.24) is 9.97 Å². The van der Waals surface area contributed by atoms with Gasteiger partial charge < -0.3 is 9.64 Å². The highest BCUT2D eigenvalue weighted by Crippen LogP contribution is 2.24. The minimum Gasteiger partial charge on any atom is -0.469 e. The number of ether oxygens (including phenoxy) is 1. The minimum absolute atomic E-state index is 0.0287. The molecule has 6 nitrogen and oxygen atoms in total. The van der Waals surface area contributed by atoms with Crippen molar-refractivity contribution < 1.29 is 14.3 Å². The summed E-state index contributed by atoms with van der Waals surface area (Å²) in [5.41, 5.74) is 1.25. The third-order valence-electron chi connectivity index (χ3n) is 3.60. The molecule has 6 heteroatoms. The third kappa shape index (κ3) is 3.12. The van der Waals surface area contributed by atoms with Crippen LogP contribution in [0.4, 0.5) is 5.95 Å². The van der Waals surface area contributed by atoms with Crippen LogP contribution in [0.3, 0.4) is 0 Å². The number of anilines is 1. The molecule has 1 aliphatic rings. The Bertz CT molecular complexity index is 530. The van der Waals surface area contributed by atoms with Gasteiger partial charge in [-0.05, 0) is 26.2 Å². The number of carbonyl (C=O) groups is 2. The molecule has 2 rings (SSSR count). The predicted molar refractivity (Wildman–Crippen MR) is 73.7 cm³/mol. The first-order valence-corrected chi connectivity index (χ1v) is 6.67. The second kappa shape index (κ2) is 5.98. The maximum atomic E-state index is 11.4. The molecular formula is C14H19N3O3. The fourth-order valence-electron chi connectivity index (χ4n) is 2.45. The Balaban J connectivity index is 2.05. The number of Topliss-reactive ketones (excluding diaryl/α,β-unsaturated/α-hetero) is 1. The zero-order valence-corrected chi connectivity index (χ0v) is 12.0. The van der Waals surface area contributed by atoms with Gasteiger partial charge in [0.25, 0.3) is 0 Å². The van der Waals surface area contributed by atoms with Crippen LogP contribution in [0.25, 0.3) is 0 Å². The van der Waals surface area contributed by atoms with Gasteiger partial charge in [-0.25, -0.2) is 9.97 Å². The summed E-state index contributed by atoms with van der Waals surface area (Å²) in [6.45, 7) is 4.88. The van der Waals surface area contributed by atoms with E-state index in [0.717, 1.165) is 19.5 Å². The number of aromatic nitrogens is 2. The van der Waals surface area contributed by atoms with E-state index >= 15 is 0 Å². The van der Waals surface area contributed by atoms with E-state index in [-0.39, 0.29) is 17.7 Å². The van der Waals surface area contributed by atoms with E-state index in [2.05, 4.69) is 14.7 Å². The Labute approximate surface area is 118 Å². The number of hydrogen-bond donors (Lipinski definition) is 0. The number of aryl methyl sites for hydroxylation is 1. The van der Waals surface area contributed by atoms with Gasteiger partial charge in [-0.1, -0.05) is 0 Å². The summed E-state index contributed by atoms with van der Waals surface area (Å²) in [6.07, 6.45) is 2.93. The number of rotatable bonds is 4. The van der Waals surface area contributed by atoms with Crippen LogP contribution in [0.15, 0.2) is 6.20 Å². The highest BCUT2D eigenvalue weighted by molar-refractivity contribution is 5.94. The summed E-state index contributed by atoms with van der Waals surface area (Å²) in [6, 6.07) is 0. The fraction of sp³-hybridized carbons (Fsp3) is 0.571. The van der Waals surface area contributed by atoms with Crippen molar-refractivity contribution >= 4 is 17.7 Å². The molecule has 0 aromatic carbocycles. The van der Waals surface area contributed by atoms with Crippen molar-refractivity contribution in [2.45, 2.75) is 26.7 Å². The summed E-state index contributed by atoms with van der Waals surface area (Å²) in [7, 11) is 1.40. The zero-order chi connectivity index (χ0) is 14.7. The normalized spacial score (nSPS) is 18.1. The second-order valence-electron chi connectivity index (χ2n) is 5.11. The van der Waals surface area contributed by atoms with E-state index in [4.69, 9.17) is 0 Å². The largest absolute Gasteiger partial charge is 0.469 e. The quantitative estimate of drug-likeness (QED) is 0.611. The van der Waals surface area contributed by atoms with Crippen molar-refractivity contribution in [3.05, 3.63) is 17.5 Å². The van der Waals surface area contributed by atoms with Crippen molar-refractivity contribution in [2.24, 2.45) is 5.92 Å². The molecule has 0 saturated carbocycles. The molecule has 0 aliphatic carbocycles. The lowest BCUT2D eigenvalue weighted by Gasteiger charge is -2.17. The van der Waals surface area contributed by atoms with Crippen LogP contribution in [-0.4, -0.2) is 41.9 Å². The van der Waals surface area contributed by atoms with Gasteiger partial charge >= 0.3 is 5.97 Å². The monoisotopic (exact) mass is 277 g/mol. The third-order valence-corrected chi connectivity index (χ3v) is 3.60. The second-order valence-corrected chi connectivity index (χ2v) is 5.11. The standard InChI is InChI=1S/C14H19N3O3/c1-9-12(10(2)18)7-15-14(16-9)17-5-4-11(8-17)6-13(19)20-3/h7,11H,4-6,8H2,1-3H3/t11-/m0/s1. The SMILES string of the molecule is COC(=O)C[C@@H]1CCN(c2ncc(C(C)=O)c(C)n2)C1. The Kier molecular flexibility index (Phi) is 4.32. The Morgan fingerprint density at radius 1 is 1.50 bits per heavy atom. The van der Waals surface area contributed by atoms with Crippen LogP contribution in [-0.2, 0) is 9.53 Å². The molecular weight excluding hydrogens is 258 g/mol. The van der Waals surface area contributed by atoms with E-state index < -0.39 is 0 Å². The molecule has 108 valence electrons. The molecule has 1 fully saturated rings. The first-order chi connectivity index (χ1) is 9.51. The molecule has 0 unspecified atom stereocenters. The molecule has 0 bridgehead atoms. The number of ketones is 1. The molecule has 1 atom stereocenters. The van der Waals surface area contributed by atoms with Crippen molar-refractivity contribution in [2.75, 3.05) is 25.1 Å². The van der Waals surface area contributed by atoms with Crippen LogP contribution < -0.4 is 4.90 Å².